The maximum atomic E-state index is 13.4. The van der Waals surface area contributed by atoms with Crippen molar-refractivity contribution in [2.45, 2.75) is 48.8 Å². The SMILES string of the molecule is CC(C(=O)NC1CCCC1)S(=O)c1ccc(N)c(F)c1. The lowest BCUT2D eigenvalue weighted by molar-refractivity contribution is -0.121. The van der Waals surface area contributed by atoms with Crippen molar-refractivity contribution in [3.8, 4) is 0 Å². The topological polar surface area (TPSA) is 72.2 Å². The summed E-state index contributed by atoms with van der Waals surface area (Å²) in [6, 6.07) is 4.17. The van der Waals surface area contributed by atoms with Gasteiger partial charge in [0.25, 0.3) is 0 Å². The Balaban J connectivity index is 2.03. The number of anilines is 1. The largest absolute Gasteiger partial charge is 0.396 e. The third-order valence-electron chi connectivity index (χ3n) is 3.60. The highest BCUT2D eigenvalue weighted by molar-refractivity contribution is 7.86. The zero-order chi connectivity index (χ0) is 14.7. The molecule has 1 aromatic carbocycles. The van der Waals surface area contributed by atoms with Crippen molar-refractivity contribution in [3.05, 3.63) is 24.0 Å². The third kappa shape index (κ3) is 3.36. The molecule has 0 bridgehead atoms. The van der Waals surface area contributed by atoms with E-state index < -0.39 is 21.9 Å². The third-order valence-corrected chi connectivity index (χ3v) is 5.17. The molecule has 20 heavy (non-hydrogen) atoms. The summed E-state index contributed by atoms with van der Waals surface area (Å²) in [5.74, 6) is -0.855. The standard InChI is InChI=1S/C14H19FN2O2S/c1-9(14(18)17-10-4-2-3-5-10)20(19)11-6-7-13(16)12(15)8-11/h6-10H,2-5,16H2,1H3,(H,17,18). The number of carbonyl (C=O) groups is 1. The summed E-state index contributed by atoms with van der Waals surface area (Å²) in [5, 5.41) is 2.20. The van der Waals surface area contributed by atoms with Gasteiger partial charge in [-0.1, -0.05) is 12.8 Å². The molecule has 2 rings (SSSR count). The van der Waals surface area contributed by atoms with Crippen molar-refractivity contribution in [1.82, 2.24) is 5.32 Å². The predicted molar refractivity (Wildman–Crippen MR) is 77.1 cm³/mol. The minimum atomic E-state index is -1.58. The van der Waals surface area contributed by atoms with Gasteiger partial charge in [0.05, 0.1) is 16.5 Å². The molecule has 1 amide bonds. The van der Waals surface area contributed by atoms with Crippen LogP contribution in [0.4, 0.5) is 10.1 Å². The highest BCUT2D eigenvalue weighted by Crippen LogP contribution is 2.20. The molecule has 6 heteroatoms. The first-order chi connectivity index (χ1) is 9.49. The fraction of sp³-hybridized carbons (Fsp3) is 0.500. The van der Waals surface area contributed by atoms with E-state index in [1.807, 2.05) is 0 Å². The van der Waals surface area contributed by atoms with Crippen LogP contribution in [0, 0.1) is 5.82 Å². The lowest BCUT2D eigenvalue weighted by Gasteiger charge is -2.16. The van der Waals surface area contributed by atoms with Crippen molar-refractivity contribution in [2.75, 3.05) is 5.73 Å². The van der Waals surface area contributed by atoms with Crippen molar-refractivity contribution in [1.29, 1.82) is 0 Å². The maximum Gasteiger partial charge on any atom is 0.236 e. The Morgan fingerprint density at radius 1 is 1.45 bits per heavy atom. The van der Waals surface area contributed by atoms with E-state index in [0.717, 1.165) is 31.7 Å². The van der Waals surface area contributed by atoms with E-state index in [0.29, 0.717) is 0 Å². The normalized spacial score (nSPS) is 18.7. The minimum absolute atomic E-state index is 0.00816. The number of nitrogens with one attached hydrogen (secondary N) is 1. The summed E-state index contributed by atoms with van der Waals surface area (Å²) in [4.78, 5) is 12.3. The molecule has 0 aromatic heterocycles. The number of hydrogen-bond acceptors (Lipinski definition) is 3. The van der Waals surface area contributed by atoms with Gasteiger partial charge in [0.1, 0.15) is 11.1 Å². The first-order valence-electron chi connectivity index (χ1n) is 6.75. The maximum absolute atomic E-state index is 13.4. The summed E-state index contributed by atoms with van der Waals surface area (Å²) in [7, 11) is -1.58. The molecule has 4 nitrogen and oxygen atoms in total. The Morgan fingerprint density at radius 3 is 2.70 bits per heavy atom. The Bertz CT molecular complexity index is 530. The van der Waals surface area contributed by atoms with E-state index in [1.54, 1.807) is 6.92 Å². The van der Waals surface area contributed by atoms with Gasteiger partial charge >= 0.3 is 0 Å². The number of rotatable bonds is 4. The molecule has 0 aliphatic heterocycles. The zero-order valence-corrected chi connectivity index (χ0v) is 12.2. The van der Waals surface area contributed by atoms with E-state index in [9.17, 15) is 13.4 Å². The molecule has 1 aliphatic carbocycles. The fourth-order valence-corrected chi connectivity index (χ4v) is 3.42. The van der Waals surface area contributed by atoms with E-state index in [1.165, 1.54) is 12.1 Å². The molecule has 3 N–H and O–H groups in total. The van der Waals surface area contributed by atoms with Crippen molar-refractivity contribution >= 4 is 22.4 Å². The van der Waals surface area contributed by atoms with Crippen molar-refractivity contribution in [2.24, 2.45) is 0 Å². The van der Waals surface area contributed by atoms with Crippen molar-refractivity contribution < 1.29 is 13.4 Å². The van der Waals surface area contributed by atoms with Crippen LogP contribution in [0.3, 0.4) is 0 Å². The molecule has 110 valence electrons. The fourth-order valence-electron chi connectivity index (χ4n) is 2.32. The molecule has 2 unspecified atom stereocenters. The van der Waals surface area contributed by atoms with Gasteiger partial charge in [-0.05, 0) is 38.0 Å². The van der Waals surface area contributed by atoms with Gasteiger partial charge in [0, 0.05) is 10.9 Å². The molecule has 1 fully saturated rings. The Morgan fingerprint density at radius 2 is 2.10 bits per heavy atom. The van der Waals surface area contributed by atoms with Crippen molar-refractivity contribution in [3.63, 3.8) is 0 Å². The van der Waals surface area contributed by atoms with Crippen LogP contribution in [0.1, 0.15) is 32.6 Å². The van der Waals surface area contributed by atoms with Crippen LogP contribution in [-0.4, -0.2) is 21.4 Å². The number of benzene rings is 1. The van der Waals surface area contributed by atoms with Gasteiger partial charge in [0.15, 0.2) is 0 Å². The predicted octanol–water partition coefficient (Wildman–Crippen LogP) is 1.96. The first kappa shape index (κ1) is 15.0. The molecule has 1 saturated carbocycles. The number of nitrogens with two attached hydrogens (primary N) is 1. The van der Waals surface area contributed by atoms with E-state index >= 15 is 0 Å². The molecule has 0 radical (unpaired) electrons. The summed E-state index contributed by atoms with van der Waals surface area (Å²) >= 11 is 0. The summed E-state index contributed by atoms with van der Waals surface area (Å²) in [6.45, 7) is 1.59. The summed E-state index contributed by atoms with van der Waals surface area (Å²) < 4.78 is 25.6. The molecule has 1 aromatic rings. The molecule has 1 aliphatic rings. The lowest BCUT2D eigenvalue weighted by atomic mass is 10.2. The zero-order valence-electron chi connectivity index (χ0n) is 11.4. The average molecular weight is 298 g/mol. The van der Waals surface area contributed by atoms with E-state index in [4.69, 9.17) is 5.73 Å². The van der Waals surface area contributed by atoms with Gasteiger partial charge in [-0.2, -0.15) is 0 Å². The van der Waals surface area contributed by atoms with Crippen LogP contribution in [0.15, 0.2) is 23.1 Å². The average Bonchev–Trinajstić information content (AvgIpc) is 2.93. The van der Waals surface area contributed by atoms with Gasteiger partial charge in [-0.25, -0.2) is 4.39 Å². The molecular formula is C14H19FN2O2S. The second-order valence-electron chi connectivity index (χ2n) is 5.11. The molecule has 2 atom stereocenters. The smallest absolute Gasteiger partial charge is 0.236 e. The second kappa shape index (κ2) is 6.35. The molecule has 0 saturated heterocycles. The Hall–Kier alpha value is -1.43. The number of hydrogen-bond donors (Lipinski definition) is 2. The first-order valence-corrected chi connectivity index (χ1v) is 7.96. The summed E-state index contributed by atoms with van der Waals surface area (Å²) in [5.41, 5.74) is 5.39. The van der Waals surface area contributed by atoms with Crippen LogP contribution < -0.4 is 11.1 Å². The monoisotopic (exact) mass is 298 g/mol. The highest BCUT2D eigenvalue weighted by atomic mass is 32.2. The lowest BCUT2D eigenvalue weighted by Crippen LogP contribution is -2.40. The van der Waals surface area contributed by atoms with Crippen LogP contribution >= 0.6 is 0 Å². The van der Waals surface area contributed by atoms with Crippen LogP contribution in [0.25, 0.3) is 0 Å². The summed E-state index contributed by atoms with van der Waals surface area (Å²) in [6.07, 6.45) is 4.18. The quantitative estimate of drug-likeness (QED) is 0.835. The van der Waals surface area contributed by atoms with Crippen LogP contribution in [0.5, 0.6) is 0 Å². The highest BCUT2D eigenvalue weighted by Gasteiger charge is 2.25. The number of halogens is 1. The van der Waals surface area contributed by atoms with Gasteiger partial charge in [-0.15, -0.1) is 0 Å². The second-order valence-corrected chi connectivity index (χ2v) is 6.89. The van der Waals surface area contributed by atoms with Gasteiger partial charge < -0.3 is 11.1 Å². The molecule has 0 heterocycles. The van der Waals surface area contributed by atoms with E-state index in [2.05, 4.69) is 5.32 Å². The Labute approximate surface area is 120 Å². The van der Waals surface area contributed by atoms with Crippen LogP contribution in [-0.2, 0) is 15.6 Å². The number of carbonyl (C=O) groups excluding carboxylic acids is 1. The molecule has 0 spiro atoms. The van der Waals surface area contributed by atoms with E-state index in [-0.39, 0.29) is 22.5 Å². The Kier molecular flexibility index (Phi) is 4.75. The molecular weight excluding hydrogens is 279 g/mol. The van der Waals surface area contributed by atoms with Gasteiger partial charge in [0.2, 0.25) is 5.91 Å². The minimum Gasteiger partial charge on any atom is -0.396 e. The number of nitrogen functional groups attached to an aromatic ring is 1. The van der Waals surface area contributed by atoms with Gasteiger partial charge in [-0.3, -0.25) is 9.00 Å². The number of amides is 1. The van der Waals surface area contributed by atoms with Crippen LogP contribution in [0.2, 0.25) is 0 Å².